The monoisotopic (exact) mass is 211 g/mol. The van der Waals surface area contributed by atoms with E-state index in [-0.39, 0.29) is 6.10 Å². The molecule has 1 aromatic rings. The molecule has 0 radical (unpaired) electrons. The third kappa shape index (κ3) is 2.54. The average molecular weight is 211 g/mol. The minimum Gasteiger partial charge on any atom is -0.392 e. The largest absolute Gasteiger partial charge is 0.392 e. The third-order valence-electron chi connectivity index (χ3n) is 3.01. The predicted molar refractivity (Wildman–Crippen MR) is 54.3 cm³/mol. The van der Waals surface area contributed by atoms with E-state index < -0.39 is 0 Å². The van der Waals surface area contributed by atoms with E-state index in [1.54, 1.807) is 4.68 Å². The van der Waals surface area contributed by atoms with Gasteiger partial charge in [-0.05, 0) is 18.8 Å². The molecule has 1 aromatic heterocycles. The molecule has 2 heterocycles. The van der Waals surface area contributed by atoms with Crippen molar-refractivity contribution in [1.82, 2.24) is 14.8 Å². The molecule has 1 unspecified atom stereocenters. The second-order valence-electron chi connectivity index (χ2n) is 4.02. The number of aliphatic hydroxyl groups excluding tert-OH is 1. The van der Waals surface area contributed by atoms with Crippen molar-refractivity contribution in [1.29, 1.82) is 0 Å². The van der Waals surface area contributed by atoms with Gasteiger partial charge in [0.15, 0.2) is 0 Å². The average Bonchev–Trinajstić information content (AvgIpc) is 2.66. The van der Waals surface area contributed by atoms with Crippen LogP contribution >= 0.6 is 0 Å². The summed E-state index contributed by atoms with van der Waals surface area (Å²) in [7, 11) is 1.85. The number of aliphatic hydroxyl groups is 1. The summed E-state index contributed by atoms with van der Waals surface area (Å²) in [4.78, 5) is 4.11. The third-order valence-corrected chi connectivity index (χ3v) is 3.01. The second kappa shape index (κ2) is 4.72. The quantitative estimate of drug-likeness (QED) is 0.773. The van der Waals surface area contributed by atoms with Crippen molar-refractivity contribution in [3.8, 4) is 0 Å². The molecule has 0 aliphatic carbocycles. The first-order chi connectivity index (χ1) is 7.27. The van der Waals surface area contributed by atoms with Crippen LogP contribution in [-0.2, 0) is 18.2 Å². The highest BCUT2D eigenvalue weighted by atomic mass is 16.5. The number of rotatable bonds is 3. The highest BCUT2D eigenvalue weighted by Gasteiger charge is 2.23. The molecule has 0 saturated carbocycles. The van der Waals surface area contributed by atoms with Crippen LogP contribution in [-0.4, -0.2) is 39.2 Å². The number of hydrogen-bond donors (Lipinski definition) is 1. The smallest absolute Gasteiger partial charge is 0.138 e. The van der Waals surface area contributed by atoms with Crippen LogP contribution in [0.5, 0.6) is 0 Å². The number of aromatic nitrogens is 3. The standard InChI is InChI=1S/C10H17N3O2/c1-13-10(11-7-12-13)6-9(14)8-2-4-15-5-3-8/h7-9,14H,2-6H2,1H3. The first-order valence-electron chi connectivity index (χ1n) is 5.36. The van der Waals surface area contributed by atoms with Gasteiger partial charge in [-0.3, -0.25) is 4.68 Å². The van der Waals surface area contributed by atoms with Crippen molar-refractivity contribution < 1.29 is 9.84 Å². The Hall–Kier alpha value is -0.940. The zero-order valence-corrected chi connectivity index (χ0v) is 8.96. The lowest BCUT2D eigenvalue weighted by atomic mass is 9.92. The van der Waals surface area contributed by atoms with E-state index in [9.17, 15) is 5.11 Å². The Morgan fingerprint density at radius 1 is 1.60 bits per heavy atom. The topological polar surface area (TPSA) is 60.2 Å². The van der Waals surface area contributed by atoms with Crippen LogP contribution in [0.3, 0.4) is 0 Å². The maximum absolute atomic E-state index is 10.0. The molecule has 1 N–H and O–H groups in total. The summed E-state index contributed by atoms with van der Waals surface area (Å²) in [6.07, 6.45) is 3.67. The zero-order valence-electron chi connectivity index (χ0n) is 8.96. The summed E-state index contributed by atoms with van der Waals surface area (Å²) in [5.74, 6) is 1.18. The summed E-state index contributed by atoms with van der Waals surface area (Å²) in [6.45, 7) is 1.53. The van der Waals surface area contributed by atoms with Crippen molar-refractivity contribution in [3.63, 3.8) is 0 Å². The highest BCUT2D eigenvalue weighted by molar-refractivity contribution is 4.88. The lowest BCUT2D eigenvalue weighted by Gasteiger charge is -2.26. The molecule has 1 saturated heterocycles. The maximum atomic E-state index is 10.0. The minimum atomic E-state index is -0.322. The molecule has 2 rings (SSSR count). The van der Waals surface area contributed by atoms with Crippen molar-refractivity contribution in [2.45, 2.75) is 25.4 Å². The molecule has 84 valence electrons. The Labute approximate surface area is 89.1 Å². The highest BCUT2D eigenvalue weighted by Crippen LogP contribution is 2.20. The molecule has 1 aliphatic heterocycles. The Balaban J connectivity index is 1.91. The lowest BCUT2D eigenvalue weighted by molar-refractivity contribution is 0.00741. The molecular formula is C10H17N3O2. The second-order valence-corrected chi connectivity index (χ2v) is 4.02. The van der Waals surface area contributed by atoms with Gasteiger partial charge in [0.05, 0.1) is 6.10 Å². The van der Waals surface area contributed by atoms with Crippen molar-refractivity contribution >= 4 is 0 Å². The summed E-state index contributed by atoms with van der Waals surface area (Å²) < 4.78 is 6.98. The van der Waals surface area contributed by atoms with E-state index in [1.807, 2.05) is 7.05 Å². The first-order valence-corrected chi connectivity index (χ1v) is 5.36. The van der Waals surface area contributed by atoms with Crippen molar-refractivity contribution in [2.75, 3.05) is 13.2 Å². The molecule has 1 atom stereocenters. The fourth-order valence-corrected chi connectivity index (χ4v) is 1.96. The lowest BCUT2D eigenvalue weighted by Crippen LogP contribution is -2.29. The zero-order chi connectivity index (χ0) is 10.7. The van der Waals surface area contributed by atoms with Gasteiger partial charge in [0.25, 0.3) is 0 Å². The van der Waals surface area contributed by atoms with Crippen LogP contribution in [0.4, 0.5) is 0 Å². The van der Waals surface area contributed by atoms with E-state index in [4.69, 9.17) is 4.74 Å². The van der Waals surface area contributed by atoms with Gasteiger partial charge >= 0.3 is 0 Å². The Kier molecular flexibility index (Phi) is 3.33. The molecule has 0 bridgehead atoms. The van der Waals surface area contributed by atoms with Gasteiger partial charge in [-0.2, -0.15) is 5.10 Å². The van der Waals surface area contributed by atoms with E-state index in [1.165, 1.54) is 6.33 Å². The minimum absolute atomic E-state index is 0.322. The fourth-order valence-electron chi connectivity index (χ4n) is 1.96. The van der Waals surface area contributed by atoms with Gasteiger partial charge < -0.3 is 9.84 Å². The maximum Gasteiger partial charge on any atom is 0.138 e. The summed E-state index contributed by atoms with van der Waals surface area (Å²) in [6, 6.07) is 0. The van der Waals surface area contributed by atoms with E-state index in [0.29, 0.717) is 12.3 Å². The molecular weight excluding hydrogens is 194 g/mol. The van der Waals surface area contributed by atoms with Gasteiger partial charge in [0.1, 0.15) is 12.2 Å². The van der Waals surface area contributed by atoms with Crippen LogP contribution in [0.2, 0.25) is 0 Å². The number of ether oxygens (including phenoxy) is 1. The van der Waals surface area contributed by atoms with Gasteiger partial charge in [-0.25, -0.2) is 4.98 Å². The van der Waals surface area contributed by atoms with E-state index in [0.717, 1.165) is 31.9 Å². The van der Waals surface area contributed by atoms with Crippen molar-refractivity contribution in [2.24, 2.45) is 13.0 Å². The number of nitrogens with zero attached hydrogens (tertiary/aromatic N) is 3. The van der Waals surface area contributed by atoms with Gasteiger partial charge in [-0.15, -0.1) is 0 Å². The predicted octanol–water partition coefficient (Wildman–Crippen LogP) is 0.145. The van der Waals surface area contributed by atoms with E-state index in [2.05, 4.69) is 10.1 Å². The SMILES string of the molecule is Cn1ncnc1CC(O)C1CCOCC1. The van der Waals surface area contributed by atoms with Crippen LogP contribution in [0, 0.1) is 5.92 Å². The van der Waals surface area contributed by atoms with Crippen LogP contribution < -0.4 is 0 Å². The van der Waals surface area contributed by atoms with Crippen LogP contribution in [0.15, 0.2) is 6.33 Å². The summed E-state index contributed by atoms with van der Waals surface area (Å²) in [5.41, 5.74) is 0. The fraction of sp³-hybridized carbons (Fsp3) is 0.800. The number of hydrogen-bond acceptors (Lipinski definition) is 4. The molecule has 1 fully saturated rings. The Bertz CT molecular complexity index is 307. The van der Waals surface area contributed by atoms with Gasteiger partial charge in [0.2, 0.25) is 0 Å². The van der Waals surface area contributed by atoms with Crippen LogP contribution in [0.1, 0.15) is 18.7 Å². The molecule has 1 aliphatic rings. The van der Waals surface area contributed by atoms with Crippen LogP contribution in [0.25, 0.3) is 0 Å². The first kappa shape index (κ1) is 10.6. The Morgan fingerprint density at radius 2 is 2.33 bits per heavy atom. The summed E-state index contributed by atoms with van der Waals surface area (Å²) >= 11 is 0. The van der Waals surface area contributed by atoms with Gasteiger partial charge in [0, 0.05) is 26.7 Å². The van der Waals surface area contributed by atoms with Gasteiger partial charge in [-0.1, -0.05) is 0 Å². The molecule has 0 spiro atoms. The molecule has 0 aromatic carbocycles. The molecule has 15 heavy (non-hydrogen) atoms. The molecule has 5 nitrogen and oxygen atoms in total. The molecule has 0 amide bonds. The normalized spacial score (nSPS) is 20.4. The number of aryl methyl sites for hydroxylation is 1. The summed E-state index contributed by atoms with van der Waals surface area (Å²) in [5, 5.41) is 14.0. The van der Waals surface area contributed by atoms with Crippen molar-refractivity contribution in [3.05, 3.63) is 12.2 Å². The molecule has 5 heteroatoms. The van der Waals surface area contributed by atoms with E-state index >= 15 is 0 Å². The Morgan fingerprint density at radius 3 is 2.93 bits per heavy atom.